The van der Waals surface area contributed by atoms with Gasteiger partial charge in [0.25, 0.3) is 0 Å². The van der Waals surface area contributed by atoms with E-state index in [-0.39, 0.29) is 5.75 Å². The molecule has 0 radical (unpaired) electrons. The Morgan fingerprint density at radius 2 is 1.89 bits per heavy atom. The molecule has 0 aliphatic carbocycles. The predicted octanol–water partition coefficient (Wildman–Crippen LogP) is 3.03. The van der Waals surface area contributed by atoms with Crippen molar-refractivity contribution in [3.05, 3.63) is 54.2 Å². The van der Waals surface area contributed by atoms with E-state index in [9.17, 15) is 5.11 Å². The minimum Gasteiger partial charge on any atom is -0.508 e. The van der Waals surface area contributed by atoms with Gasteiger partial charge in [-0.2, -0.15) is 0 Å². The highest BCUT2D eigenvalue weighted by atomic mass is 16.5. The van der Waals surface area contributed by atoms with Crippen LogP contribution >= 0.6 is 0 Å². The molecule has 0 amide bonds. The fourth-order valence-electron chi connectivity index (χ4n) is 2.02. The summed E-state index contributed by atoms with van der Waals surface area (Å²) in [5.41, 5.74) is 8.62. The van der Waals surface area contributed by atoms with E-state index in [4.69, 9.17) is 10.5 Å². The van der Waals surface area contributed by atoms with Crippen LogP contribution in [-0.2, 0) is 6.61 Å². The van der Waals surface area contributed by atoms with Crippen LogP contribution in [0.15, 0.2) is 48.5 Å². The van der Waals surface area contributed by atoms with Crippen molar-refractivity contribution in [1.29, 1.82) is 0 Å². The van der Waals surface area contributed by atoms with Gasteiger partial charge in [0.2, 0.25) is 0 Å². The quantitative estimate of drug-likeness (QED) is 0.629. The van der Waals surface area contributed by atoms with Crippen molar-refractivity contribution in [3.63, 3.8) is 0 Å². The molecule has 4 N–H and O–H groups in total. The number of aromatic amines is 1. The molecule has 19 heavy (non-hydrogen) atoms. The van der Waals surface area contributed by atoms with E-state index >= 15 is 0 Å². The number of H-pyrrole nitrogens is 1. The van der Waals surface area contributed by atoms with Crippen molar-refractivity contribution >= 4 is 16.6 Å². The van der Waals surface area contributed by atoms with Gasteiger partial charge in [-0.1, -0.05) is 6.07 Å². The maximum Gasteiger partial charge on any atom is 0.128 e. The summed E-state index contributed by atoms with van der Waals surface area (Å²) in [6.45, 7) is 0.429. The molecule has 3 aromatic rings. The molecule has 0 aliphatic rings. The highest BCUT2D eigenvalue weighted by Crippen LogP contribution is 2.23. The van der Waals surface area contributed by atoms with Gasteiger partial charge >= 0.3 is 0 Å². The number of hydrogen-bond donors (Lipinski definition) is 3. The Labute approximate surface area is 110 Å². The molecule has 1 aromatic heterocycles. The second-order valence-corrected chi connectivity index (χ2v) is 4.39. The first kappa shape index (κ1) is 11.5. The van der Waals surface area contributed by atoms with Gasteiger partial charge in [-0.05, 0) is 42.5 Å². The van der Waals surface area contributed by atoms with Crippen LogP contribution in [0.2, 0.25) is 0 Å². The Morgan fingerprint density at radius 1 is 1.11 bits per heavy atom. The largest absolute Gasteiger partial charge is 0.508 e. The van der Waals surface area contributed by atoms with Gasteiger partial charge in [-0.15, -0.1) is 0 Å². The van der Waals surface area contributed by atoms with Crippen molar-refractivity contribution in [2.24, 2.45) is 0 Å². The molecule has 0 saturated carbocycles. The molecule has 96 valence electrons. The smallest absolute Gasteiger partial charge is 0.128 e. The lowest BCUT2D eigenvalue weighted by atomic mass is 10.2. The number of hydrogen-bond acceptors (Lipinski definition) is 3. The number of anilines is 1. The van der Waals surface area contributed by atoms with Crippen LogP contribution in [-0.4, -0.2) is 10.1 Å². The number of nitrogens with one attached hydrogen (secondary N) is 1. The van der Waals surface area contributed by atoms with Crippen LogP contribution in [0.1, 0.15) is 5.69 Å². The lowest BCUT2D eigenvalue weighted by Crippen LogP contribution is -1.94. The Balaban J connectivity index is 1.78. The molecular weight excluding hydrogens is 240 g/mol. The van der Waals surface area contributed by atoms with E-state index < -0.39 is 0 Å². The van der Waals surface area contributed by atoms with Gasteiger partial charge in [-0.25, -0.2) is 0 Å². The number of rotatable bonds is 3. The van der Waals surface area contributed by atoms with Crippen molar-refractivity contribution < 1.29 is 9.84 Å². The molecule has 2 aromatic carbocycles. The fourth-order valence-corrected chi connectivity index (χ4v) is 2.02. The van der Waals surface area contributed by atoms with Crippen LogP contribution in [0.25, 0.3) is 10.9 Å². The van der Waals surface area contributed by atoms with E-state index in [0.29, 0.717) is 12.4 Å². The monoisotopic (exact) mass is 254 g/mol. The Bertz CT molecular complexity index is 702. The topological polar surface area (TPSA) is 71.3 Å². The number of aromatic hydroxyl groups is 1. The SMILES string of the molecule is Nc1cccc2[nH]c(COc3ccc(O)cc3)cc12. The third-order valence-corrected chi connectivity index (χ3v) is 2.98. The number of phenolic OH excluding ortho intramolecular Hbond substituents is 1. The summed E-state index contributed by atoms with van der Waals surface area (Å²) in [5.74, 6) is 0.940. The van der Waals surface area contributed by atoms with Crippen molar-refractivity contribution in [1.82, 2.24) is 4.98 Å². The molecule has 0 unspecified atom stereocenters. The zero-order valence-electron chi connectivity index (χ0n) is 10.3. The highest BCUT2D eigenvalue weighted by molar-refractivity contribution is 5.91. The predicted molar refractivity (Wildman–Crippen MR) is 75.1 cm³/mol. The number of ether oxygens (including phenoxy) is 1. The molecule has 0 bridgehead atoms. The molecule has 0 fully saturated rings. The molecule has 0 aliphatic heterocycles. The third kappa shape index (κ3) is 2.33. The first-order valence-electron chi connectivity index (χ1n) is 6.00. The molecule has 4 heteroatoms. The molecule has 3 rings (SSSR count). The third-order valence-electron chi connectivity index (χ3n) is 2.98. The Hall–Kier alpha value is -2.62. The number of benzene rings is 2. The summed E-state index contributed by atoms with van der Waals surface area (Å²) >= 11 is 0. The second-order valence-electron chi connectivity index (χ2n) is 4.39. The summed E-state index contributed by atoms with van der Waals surface area (Å²) in [6.07, 6.45) is 0. The Morgan fingerprint density at radius 3 is 2.63 bits per heavy atom. The number of nitrogen functional groups attached to an aromatic ring is 1. The van der Waals surface area contributed by atoms with Crippen LogP contribution in [0.4, 0.5) is 5.69 Å². The average Bonchev–Trinajstić information content (AvgIpc) is 2.83. The maximum atomic E-state index is 9.19. The normalized spacial score (nSPS) is 10.7. The van der Waals surface area contributed by atoms with E-state index in [1.807, 2.05) is 24.3 Å². The summed E-state index contributed by atoms with van der Waals surface area (Å²) in [5, 5.41) is 10.2. The lowest BCUT2D eigenvalue weighted by Gasteiger charge is -2.04. The van der Waals surface area contributed by atoms with Crippen molar-refractivity contribution in [2.45, 2.75) is 6.61 Å². The molecule has 0 saturated heterocycles. The zero-order chi connectivity index (χ0) is 13.2. The van der Waals surface area contributed by atoms with Gasteiger partial charge in [0.15, 0.2) is 0 Å². The molecule has 1 heterocycles. The van der Waals surface area contributed by atoms with Crippen LogP contribution < -0.4 is 10.5 Å². The fraction of sp³-hybridized carbons (Fsp3) is 0.0667. The van der Waals surface area contributed by atoms with Crippen molar-refractivity contribution in [3.8, 4) is 11.5 Å². The summed E-state index contributed by atoms with van der Waals surface area (Å²) < 4.78 is 5.63. The first-order chi connectivity index (χ1) is 9.22. The van der Waals surface area contributed by atoms with E-state index in [0.717, 1.165) is 22.3 Å². The molecule has 0 atom stereocenters. The highest BCUT2D eigenvalue weighted by Gasteiger charge is 2.04. The minimum atomic E-state index is 0.228. The number of aromatic nitrogens is 1. The van der Waals surface area contributed by atoms with Gasteiger partial charge < -0.3 is 20.6 Å². The van der Waals surface area contributed by atoms with Gasteiger partial charge in [0.05, 0.1) is 5.69 Å². The number of fused-ring (bicyclic) bond motifs is 1. The minimum absolute atomic E-state index is 0.228. The standard InChI is InChI=1S/C15H14N2O2/c16-14-2-1-3-15-13(14)8-10(17-15)9-19-12-6-4-11(18)5-7-12/h1-8,17-18H,9,16H2. The summed E-state index contributed by atoms with van der Waals surface area (Å²) in [7, 11) is 0. The van der Waals surface area contributed by atoms with Crippen molar-refractivity contribution in [2.75, 3.05) is 5.73 Å². The van der Waals surface area contributed by atoms with Gasteiger partial charge in [0.1, 0.15) is 18.1 Å². The maximum absolute atomic E-state index is 9.19. The molecule has 0 spiro atoms. The van der Waals surface area contributed by atoms with E-state index in [1.165, 1.54) is 0 Å². The summed E-state index contributed by atoms with van der Waals surface area (Å²) in [4.78, 5) is 3.26. The van der Waals surface area contributed by atoms with E-state index in [2.05, 4.69) is 4.98 Å². The molecule has 4 nitrogen and oxygen atoms in total. The second kappa shape index (κ2) is 4.57. The lowest BCUT2D eigenvalue weighted by molar-refractivity contribution is 0.302. The van der Waals surface area contributed by atoms with Crippen LogP contribution in [0.5, 0.6) is 11.5 Å². The summed E-state index contributed by atoms with van der Waals surface area (Å²) in [6, 6.07) is 14.4. The van der Waals surface area contributed by atoms with Gasteiger partial charge in [-0.3, -0.25) is 0 Å². The first-order valence-corrected chi connectivity index (χ1v) is 6.00. The Kier molecular flexibility index (Phi) is 2.76. The van der Waals surface area contributed by atoms with Crippen LogP contribution in [0.3, 0.4) is 0 Å². The zero-order valence-corrected chi connectivity index (χ0v) is 10.3. The molecular formula is C15H14N2O2. The average molecular weight is 254 g/mol. The van der Waals surface area contributed by atoms with Crippen LogP contribution in [0, 0.1) is 0 Å². The number of nitrogens with two attached hydrogens (primary N) is 1. The number of phenols is 1. The van der Waals surface area contributed by atoms with E-state index in [1.54, 1.807) is 24.3 Å². The van der Waals surface area contributed by atoms with Gasteiger partial charge in [0, 0.05) is 16.6 Å².